The van der Waals surface area contributed by atoms with Crippen LogP contribution in [-0.2, 0) is 11.3 Å². The number of nitrogens with zero attached hydrogens (tertiary/aromatic N) is 2. The second-order valence-electron chi connectivity index (χ2n) is 8.27. The predicted molar refractivity (Wildman–Crippen MR) is 124 cm³/mol. The number of aromatic nitrogens is 1. The molecule has 162 valence electrons. The number of benzene rings is 3. The smallest absolute Gasteiger partial charge is 0.227 e. The molecule has 0 bridgehead atoms. The van der Waals surface area contributed by atoms with Crippen LogP contribution < -0.4 is 5.32 Å². The van der Waals surface area contributed by atoms with Crippen LogP contribution in [-0.4, -0.2) is 34.0 Å². The van der Waals surface area contributed by atoms with Gasteiger partial charge in [-0.2, -0.15) is 0 Å². The lowest BCUT2D eigenvalue weighted by Gasteiger charge is -2.31. The highest BCUT2D eigenvalue weighted by Crippen LogP contribution is 2.26. The van der Waals surface area contributed by atoms with Crippen LogP contribution in [0.4, 0.5) is 5.69 Å². The highest BCUT2D eigenvalue weighted by atomic mass is 16.3. The van der Waals surface area contributed by atoms with Gasteiger partial charge in [0.15, 0.2) is 5.58 Å². The number of carbonyl (C=O) groups excluding carboxylic acids is 1. The monoisotopic (exact) mass is 427 g/mol. The summed E-state index contributed by atoms with van der Waals surface area (Å²) >= 11 is 0. The Morgan fingerprint density at radius 1 is 1.00 bits per heavy atom. The van der Waals surface area contributed by atoms with Crippen molar-refractivity contribution in [2.24, 2.45) is 5.92 Å². The second-order valence-corrected chi connectivity index (χ2v) is 8.27. The first kappa shape index (κ1) is 20.3. The third-order valence-corrected chi connectivity index (χ3v) is 5.99. The molecule has 1 aromatic heterocycles. The van der Waals surface area contributed by atoms with Gasteiger partial charge in [-0.1, -0.05) is 24.3 Å². The first-order chi connectivity index (χ1) is 15.6. The molecule has 0 radical (unpaired) electrons. The molecule has 6 heteroatoms. The molecule has 2 N–H and O–H groups in total. The summed E-state index contributed by atoms with van der Waals surface area (Å²) in [6.45, 7) is 2.61. The SMILES string of the molecule is O=C(Nc1ccc(-c2nc3ccccc3o2)cc1)C1CCN(Cc2ccc(O)cc2)CC1. The number of phenols is 1. The minimum Gasteiger partial charge on any atom is -0.508 e. The molecular formula is C26H25N3O3. The van der Waals surface area contributed by atoms with Gasteiger partial charge in [-0.05, 0) is 80.0 Å². The summed E-state index contributed by atoms with van der Waals surface area (Å²) in [6.07, 6.45) is 1.68. The third-order valence-electron chi connectivity index (χ3n) is 5.99. The molecule has 2 heterocycles. The fourth-order valence-electron chi connectivity index (χ4n) is 4.15. The van der Waals surface area contributed by atoms with E-state index in [1.165, 1.54) is 5.56 Å². The number of hydrogen-bond acceptors (Lipinski definition) is 5. The first-order valence-corrected chi connectivity index (χ1v) is 10.9. The fourth-order valence-corrected chi connectivity index (χ4v) is 4.15. The van der Waals surface area contributed by atoms with Gasteiger partial charge in [0.1, 0.15) is 11.3 Å². The number of piperidine rings is 1. The lowest BCUT2D eigenvalue weighted by atomic mass is 9.95. The number of carbonyl (C=O) groups is 1. The van der Waals surface area contributed by atoms with Gasteiger partial charge in [-0.15, -0.1) is 0 Å². The quantitative estimate of drug-likeness (QED) is 0.466. The van der Waals surface area contributed by atoms with E-state index in [0.29, 0.717) is 5.89 Å². The first-order valence-electron chi connectivity index (χ1n) is 10.9. The maximum absolute atomic E-state index is 12.8. The number of aromatic hydroxyl groups is 1. The molecule has 4 aromatic rings. The summed E-state index contributed by atoms with van der Waals surface area (Å²) in [5, 5.41) is 12.5. The van der Waals surface area contributed by atoms with E-state index in [1.807, 2.05) is 60.7 Å². The van der Waals surface area contributed by atoms with Crippen molar-refractivity contribution in [3.8, 4) is 17.2 Å². The highest BCUT2D eigenvalue weighted by Gasteiger charge is 2.25. The maximum Gasteiger partial charge on any atom is 0.227 e. The number of amides is 1. The number of oxazole rings is 1. The Morgan fingerprint density at radius 3 is 2.44 bits per heavy atom. The zero-order chi connectivity index (χ0) is 21.9. The minimum atomic E-state index is 0.0165. The van der Waals surface area contributed by atoms with Crippen LogP contribution in [0.15, 0.2) is 77.2 Å². The van der Waals surface area contributed by atoms with Crippen LogP contribution in [0.25, 0.3) is 22.6 Å². The summed E-state index contributed by atoms with van der Waals surface area (Å²) in [6, 6.07) is 22.6. The molecular weight excluding hydrogens is 402 g/mol. The van der Waals surface area contributed by atoms with Crippen LogP contribution in [0.5, 0.6) is 5.75 Å². The highest BCUT2D eigenvalue weighted by molar-refractivity contribution is 5.92. The van der Waals surface area contributed by atoms with E-state index >= 15 is 0 Å². The number of likely N-dealkylation sites (tertiary alicyclic amines) is 1. The maximum atomic E-state index is 12.8. The molecule has 5 rings (SSSR count). The van der Waals surface area contributed by atoms with E-state index < -0.39 is 0 Å². The number of phenolic OH excluding ortho intramolecular Hbond substituents is 1. The van der Waals surface area contributed by atoms with Crippen LogP contribution in [0.2, 0.25) is 0 Å². The lowest BCUT2D eigenvalue weighted by Crippen LogP contribution is -2.37. The van der Waals surface area contributed by atoms with Crippen molar-refractivity contribution >= 4 is 22.7 Å². The molecule has 3 aromatic carbocycles. The number of rotatable bonds is 5. The topological polar surface area (TPSA) is 78.6 Å². The Balaban J connectivity index is 1.15. The molecule has 1 aliphatic rings. The number of anilines is 1. The summed E-state index contributed by atoms with van der Waals surface area (Å²) in [4.78, 5) is 19.6. The number of para-hydroxylation sites is 2. The van der Waals surface area contributed by atoms with Crippen molar-refractivity contribution in [2.75, 3.05) is 18.4 Å². The van der Waals surface area contributed by atoms with E-state index in [-0.39, 0.29) is 17.6 Å². The van der Waals surface area contributed by atoms with Gasteiger partial charge in [-0.3, -0.25) is 9.69 Å². The Labute approximate surface area is 186 Å². The average Bonchev–Trinajstić information content (AvgIpc) is 3.26. The number of hydrogen-bond donors (Lipinski definition) is 2. The Bertz CT molecular complexity index is 1170. The predicted octanol–water partition coefficient (Wildman–Crippen LogP) is 5.05. The molecule has 1 saturated heterocycles. The standard InChI is InChI=1S/C26H25N3O3/c30-22-11-5-18(6-12-22)17-29-15-13-19(14-16-29)25(31)27-21-9-7-20(8-10-21)26-28-23-3-1-2-4-24(23)32-26/h1-12,19,30H,13-17H2,(H,27,31). The normalized spacial score (nSPS) is 15.1. The zero-order valence-electron chi connectivity index (χ0n) is 17.7. The molecule has 1 aliphatic heterocycles. The summed E-state index contributed by atoms with van der Waals surface area (Å²) < 4.78 is 5.81. The minimum absolute atomic E-state index is 0.0165. The Morgan fingerprint density at radius 2 is 1.72 bits per heavy atom. The van der Waals surface area contributed by atoms with Crippen molar-refractivity contribution in [3.05, 3.63) is 78.4 Å². The average molecular weight is 428 g/mol. The van der Waals surface area contributed by atoms with Gasteiger partial charge >= 0.3 is 0 Å². The Hall–Kier alpha value is -3.64. The summed E-state index contributed by atoms with van der Waals surface area (Å²) in [5.74, 6) is 0.947. The molecule has 1 amide bonds. The van der Waals surface area contributed by atoms with Crippen molar-refractivity contribution < 1.29 is 14.3 Å². The third kappa shape index (κ3) is 4.50. The fraction of sp³-hybridized carbons (Fsp3) is 0.231. The van der Waals surface area contributed by atoms with Crippen LogP contribution in [0.1, 0.15) is 18.4 Å². The van der Waals surface area contributed by atoms with E-state index in [4.69, 9.17) is 4.42 Å². The number of nitrogens with one attached hydrogen (secondary N) is 1. The molecule has 0 saturated carbocycles. The molecule has 0 spiro atoms. The van der Waals surface area contributed by atoms with Crippen molar-refractivity contribution in [3.63, 3.8) is 0 Å². The molecule has 0 aliphatic carbocycles. The van der Waals surface area contributed by atoms with E-state index in [0.717, 1.165) is 54.8 Å². The van der Waals surface area contributed by atoms with Crippen LogP contribution in [0, 0.1) is 5.92 Å². The largest absolute Gasteiger partial charge is 0.508 e. The van der Waals surface area contributed by atoms with Crippen molar-refractivity contribution in [2.45, 2.75) is 19.4 Å². The van der Waals surface area contributed by atoms with Crippen LogP contribution in [0.3, 0.4) is 0 Å². The van der Waals surface area contributed by atoms with Gasteiger partial charge < -0.3 is 14.8 Å². The van der Waals surface area contributed by atoms with Gasteiger partial charge in [0.05, 0.1) is 0 Å². The molecule has 32 heavy (non-hydrogen) atoms. The van der Waals surface area contributed by atoms with Crippen LogP contribution >= 0.6 is 0 Å². The zero-order valence-corrected chi connectivity index (χ0v) is 17.7. The van der Waals surface area contributed by atoms with Gasteiger partial charge in [0, 0.05) is 23.7 Å². The van der Waals surface area contributed by atoms with E-state index in [1.54, 1.807) is 12.1 Å². The van der Waals surface area contributed by atoms with Crippen molar-refractivity contribution in [1.29, 1.82) is 0 Å². The second kappa shape index (κ2) is 8.85. The molecule has 6 nitrogen and oxygen atoms in total. The van der Waals surface area contributed by atoms with E-state index in [9.17, 15) is 9.90 Å². The summed E-state index contributed by atoms with van der Waals surface area (Å²) in [5.41, 5.74) is 4.42. The van der Waals surface area contributed by atoms with Gasteiger partial charge in [-0.25, -0.2) is 4.98 Å². The molecule has 0 atom stereocenters. The lowest BCUT2D eigenvalue weighted by molar-refractivity contribution is -0.121. The number of fused-ring (bicyclic) bond motifs is 1. The van der Waals surface area contributed by atoms with E-state index in [2.05, 4.69) is 15.2 Å². The Kier molecular flexibility index (Phi) is 5.60. The van der Waals surface area contributed by atoms with Gasteiger partial charge in [0.2, 0.25) is 11.8 Å². The molecule has 1 fully saturated rings. The summed E-state index contributed by atoms with van der Waals surface area (Å²) in [7, 11) is 0. The van der Waals surface area contributed by atoms with Gasteiger partial charge in [0.25, 0.3) is 0 Å². The molecule has 0 unspecified atom stereocenters. The van der Waals surface area contributed by atoms with Crippen molar-refractivity contribution in [1.82, 2.24) is 9.88 Å².